The van der Waals surface area contributed by atoms with Crippen LogP contribution >= 0.6 is 11.5 Å². The summed E-state index contributed by atoms with van der Waals surface area (Å²) in [6.07, 6.45) is 3.33. The van der Waals surface area contributed by atoms with Crippen molar-refractivity contribution < 1.29 is 14.7 Å². The zero-order valence-electron chi connectivity index (χ0n) is 8.42. The summed E-state index contributed by atoms with van der Waals surface area (Å²) in [6, 6.07) is -0.271. The number of aliphatic carboxylic acids is 1. The quantitative estimate of drug-likeness (QED) is 0.784. The van der Waals surface area contributed by atoms with Gasteiger partial charge in [-0.2, -0.15) is 0 Å². The number of amides is 1. The minimum atomic E-state index is -0.889. The van der Waals surface area contributed by atoms with Gasteiger partial charge in [-0.05, 0) is 30.3 Å². The van der Waals surface area contributed by atoms with Gasteiger partial charge in [0.05, 0.1) is 12.6 Å². The van der Waals surface area contributed by atoms with Crippen LogP contribution in [0.15, 0.2) is 6.20 Å². The number of nitrogens with zero attached hydrogens (tertiary/aromatic N) is 2. The van der Waals surface area contributed by atoms with E-state index < -0.39 is 5.97 Å². The predicted octanol–water partition coefficient (Wildman–Crippen LogP) is 0.521. The summed E-state index contributed by atoms with van der Waals surface area (Å²) in [7, 11) is 0. The molecule has 1 aliphatic rings. The number of rotatable bonds is 5. The van der Waals surface area contributed by atoms with E-state index in [1.807, 2.05) is 0 Å². The van der Waals surface area contributed by atoms with Gasteiger partial charge in [0.15, 0.2) is 0 Å². The Morgan fingerprint density at radius 2 is 2.38 bits per heavy atom. The number of carboxylic acids is 1. The van der Waals surface area contributed by atoms with Crippen LogP contribution in [0.3, 0.4) is 0 Å². The molecule has 0 aromatic carbocycles. The van der Waals surface area contributed by atoms with Crippen molar-refractivity contribution in [2.24, 2.45) is 5.92 Å². The molecular weight excluding hydrogens is 230 g/mol. The van der Waals surface area contributed by atoms with E-state index in [1.54, 1.807) is 0 Å². The fourth-order valence-corrected chi connectivity index (χ4v) is 1.95. The summed E-state index contributed by atoms with van der Waals surface area (Å²) in [5, 5.41) is 15.0. The predicted molar refractivity (Wildman–Crippen MR) is 56.1 cm³/mol. The Balaban J connectivity index is 1.95. The van der Waals surface area contributed by atoms with E-state index in [0.717, 1.165) is 24.4 Å². The molecule has 16 heavy (non-hydrogen) atoms. The van der Waals surface area contributed by atoms with Gasteiger partial charge >= 0.3 is 5.97 Å². The minimum absolute atomic E-state index is 0.0252. The number of carbonyl (C=O) groups excluding carboxylic acids is 1. The average Bonchev–Trinajstić information content (AvgIpc) is 2.91. The number of hydrogen-bond acceptors (Lipinski definition) is 5. The standard InChI is InChI=1S/C9H11N3O3S/c13-8(14)3-6(5-1-2-5)11-9(15)7-4-10-12-16-7/h4-6H,1-3H2,(H,11,15)(H,13,14). The lowest BCUT2D eigenvalue weighted by Crippen LogP contribution is -2.37. The summed E-state index contributed by atoms with van der Waals surface area (Å²) in [6.45, 7) is 0. The van der Waals surface area contributed by atoms with E-state index in [0.29, 0.717) is 10.8 Å². The lowest BCUT2D eigenvalue weighted by atomic mass is 10.1. The minimum Gasteiger partial charge on any atom is -0.481 e. The molecule has 1 aromatic rings. The second kappa shape index (κ2) is 4.56. The molecule has 1 aliphatic carbocycles. The highest BCUT2D eigenvalue weighted by Crippen LogP contribution is 2.34. The van der Waals surface area contributed by atoms with Crippen molar-refractivity contribution in [2.45, 2.75) is 25.3 Å². The summed E-state index contributed by atoms with van der Waals surface area (Å²) in [4.78, 5) is 22.7. The van der Waals surface area contributed by atoms with Gasteiger partial charge in [0.2, 0.25) is 0 Å². The molecule has 6 nitrogen and oxygen atoms in total. The maximum absolute atomic E-state index is 11.7. The molecule has 2 rings (SSSR count). The number of aromatic nitrogens is 2. The van der Waals surface area contributed by atoms with Gasteiger partial charge in [0, 0.05) is 6.04 Å². The van der Waals surface area contributed by atoms with Crippen LogP contribution in [0.2, 0.25) is 0 Å². The molecule has 0 bridgehead atoms. The Bertz CT molecular complexity index is 389. The second-order valence-corrected chi connectivity index (χ2v) is 4.58. The smallest absolute Gasteiger partial charge is 0.305 e. The van der Waals surface area contributed by atoms with Crippen LogP contribution in [0.5, 0.6) is 0 Å². The van der Waals surface area contributed by atoms with Crippen molar-refractivity contribution in [3.8, 4) is 0 Å². The highest BCUT2D eigenvalue weighted by molar-refractivity contribution is 7.07. The first-order chi connectivity index (χ1) is 7.66. The molecule has 0 saturated heterocycles. The third-order valence-electron chi connectivity index (χ3n) is 2.49. The maximum Gasteiger partial charge on any atom is 0.305 e. The third-order valence-corrected chi connectivity index (χ3v) is 3.15. The van der Waals surface area contributed by atoms with Gasteiger partial charge in [-0.15, -0.1) is 5.10 Å². The average molecular weight is 241 g/mol. The summed E-state index contributed by atoms with van der Waals surface area (Å²) < 4.78 is 3.59. The van der Waals surface area contributed by atoms with Crippen LogP contribution in [-0.4, -0.2) is 32.6 Å². The molecule has 0 aliphatic heterocycles. The van der Waals surface area contributed by atoms with Crippen molar-refractivity contribution in [3.05, 3.63) is 11.1 Å². The largest absolute Gasteiger partial charge is 0.481 e. The molecular formula is C9H11N3O3S. The topological polar surface area (TPSA) is 92.2 Å². The summed E-state index contributed by atoms with van der Waals surface area (Å²) in [5.41, 5.74) is 0. The molecule has 0 radical (unpaired) electrons. The molecule has 1 unspecified atom stereocenters. The van der Waals surface area contributed by atoms with Crippen LogP contribution in [0.25, 0.3) is 0 Å². The SMILES string of the molecule is O=C(O)CC(NC(=O)c1cnns1)C1CC1. The molecule has 1 atom stereocenters. The fourth-order valence-electron chi connectivity index (χ4n) is 1.53. The lowest BCUT2D eigenvalue weighted by Gasteiger charge is -2.14. The lowest BCUT2D eigenvalue weighted by molar-refractivity contribution is -0.137. The number of nitrogens with one attached hydrogen (secondary N) is 1. The highest BCUT2D eigenvalue weighted by atomic mass is 32.1. The van der Waals surface area contributed by atoms with Gasteiger partial charge in [-0.25, -0.2) is 0 Å². The molecule has 0 spiro atoms. The summed E-state index contributed by atoms with van der Waals surface area (Å²) in [5.74, 6) is -0.867. The van der Waals surface area contributed by atoms with E-state index in [1.165, 1.54) is 6.20 Å². The number of carboxylic acid groups (broad SMARTS) is 1. The van der Waals surface area contributed by atoms with Crippen molar-refractivity contribution >= 4 is 23.4 Å². The first kappa shape index (κ1) is 11.0. The maximum atomic E-state index is 11.7. The molecule has 1 aromatic heterocycles. The van der Waals surface area contributed by atoms with Gasteiger partial charge in [0.25, 0.3) is 5.91 Å². The van der Waals surface area contributed by atoms with Crippen molar-refractivity contribution in [1.29, 1.82) is 0 Å². The Kier molecular flexibility index (Phi) is 3.14. The van der Waals surface area contributed by atoms with Gasteiger partial charge in [-0.1, -0.05) is 4.49 Å². The van der Waals surface area contributed by atoms with E-state index in [4.69, 9.17) is 5.11 Å². The summed E-state index contributed by atoms with van der Waals surface area (Å²) >= 11 is 1.00. The number of hydrogen-bond donors (Lipinski definition) is 2. The Labute approximate surface area is 95.8 Å². The van der Waals surface area contributed by atoms with E-state index >= 15 is 0 Å². The van der Waals surface area contributed by atoms with Crippen molar-refractivity contribution in [1.82, 2.24) is 14.9 Å². The van der Waals surface area contributed by atoms with E-state index in [2.05, 4.69) is 14.9 Å². The van der Waals surface area contributed by atoms with Gasteiger partial charge in [-0.3, -0.25) is 9.59 Å². The zero-order valence-corrected chi connectivity index (χ0v) is 9.24. The van der Waals surface area contributed by atoms with E-state index in [9.17, 15) is 9.59 Å². The first-order valence-electron chi connectivity index (χ1n) is 4.97. The van der Waals surface area contributed by atoms with Crippen LogP contribution < -0.4 is 5.32 Å². The number of carbonyl (C=O) groups is 2. The highest BCUT2D eigenvalue weighted by Gasteiger charge is 2.34. The van der Waals surface area contributed by atoms with Crippen LogP contribution in [0.1, 0.15) is 28.9 Å². The fraction of sp³-hybridized carbons (Fsp3) is 0.556. The Hall–Kier alpha value is -1.50. The van der Waals surface area contributed by atoms with Crippen LogP contribution in [0, 0.1) is 5.92 Å². The molecule has 1 saturated carbocycles. The Morgan fingerprint density at radius 3 is 2.88 bits per heavy atom. The zero-order chi connectivity index (χ0) is 11.5. The monoisotopic (exact) mass is 241 g/mol. The molecule has 7 heteroatoms. The molecule has 1 fully saturated rings. The van der Waals surface area contributed by atoms with Crippen LogP contribution in [-0.2, 0) is 4.79 Å². The normalized spacial score (nSPS) is 16.8. The van der Waals surface area contributed by atoms with Gasteiger partial charge < -0.3 is 10.4 Å². The second-order valence-electron chi connectivity index (χ2n) is 3.80. The molecule has 2 N–H and O–H groups in total. The first-order valence-corrected chi connectivity index (χ1v) is 5.74. The van der Waals surface area contributed by atoms with Crippen LogP contribution in [0.4, 0.5) is 0 Å². The van der Waals surface area contributed by atoms with Crippen molar-refractivity contribution in [2.75, 3.05) is 0 Å². The van der Waals surface area contributed by atoms with E-state index in [-0.39, 0.29) is 18.4 Å². The van der Waals surface area contributed by atoms with Gasteiger partial charge in [0.1, 0.15) is 4.88 Å². The Morgan fingerprint density at radius 1 is 1.62 bits per heavy atom. The molecule has 86 valence electrons. The molecule has 1 amide bonds. The molecule has 1 heterocycles. The third kappa shape index (κ3) is 2.75. The van der Waals surface area contributed by atoms with Crippen molar-refractivity contribution in [3.63, 3.8) is 0 Å².